The standard InChI is InChI=1S/C21H24ClNO6S/c1-14-11-23(12-15(2)29-14)30(25,26)20-10-17(6-9-19(20)22)21(24)28-13-16-4-7-18(27-3)8-5-16/h4-10,14-15H,11-13H2,1-3H3/t14-,15-/m0/s1. The Morgan fingerprint density at radius 1 is 1.13 bits per heavy atom. The average Bonchev–Trinajstić information content (AvgIpc) is 2.72. The highest BCUT2D eigenvalue weighted by Gasteiger charge is 2.34. The SMILES string of the molecule is COc1ccc(COC(=O)c2ccc(Cl)c(S(=O)(=O)N3C[C@H](C)O[C@@H](C)C3)c2)cc1. The van der Waals surface area contributed by atoms with Crippen molar-refractivity contribution in [2.45, 2.75) is 37.6 Å². The Morgan fingerprint density at radius 2 is 1.77 bits per heavy atom. The minimum Gasteiger partial charge on any atom is -0.497 e. The molecule has 1 aliphatic rings. The van der Waals surface area contributed by atoms with Crippen LogP contribution in [0.1, 0.15) is 29.8 Å². The van der Waals surface area contributed by atoms with Gasteiger partial charge < -0.3 is 14.2 Å². The predicted molar refractivity (Wildman–Crippen MR) is 112 cm³/mol. The van der Waals surface area contributed by atoms with Crippen LogP contribution in [0, 0.1) is 0 Å². The molecule has 0 aromatic heterocycles. The fraction of sp³-hybridized carbons (Fsp3) is 0.381. The third-order valence-corrected chi connectivity index (χ3v) is 7.01. The first-order chi connectivity index (χ1) is 14.2. The van der Waals surface area contributed by atoms with Gasteiger partial charge in [0, 0.05) is 13.1 Å². The molecule has 2 aromatic rings. The number of hydrogen-bond acceptors (Lipinski definition) is 6. The van der Waals surface area contributed by atoms with Crippen LogP contribution < -0.4 is 4.74 Å². The van der Waals surface area contributed by atoms with E-state index in [2.05, 4.69) is 0 Å². The lowest BCUT2D eigenvalue weighted by Gasteiger charge is -2.34. The van der Waals surface area contributed by atoms with Crippen molar-refractivity contribution < 1.29 is 27.4 Å². The molecule has 0 amide bonds. The molecule has 30 heavy (non-hydrogen) atoms. The summed E-state index contributed by atoms with van der Waals surface area (Å²) in [4.78, 5) is 12.4. The minimum atomic E-state index is -3.89. The molecule has 9 heteroatoms. The molecule has 3 rings (SSSR count). The lowest BCUT2D eigenvalue weighted by Crippen LogP contribution is -2.48. The second-order valence-corrected chi connectivity index (χ2v) is 9.46. The van der Waals surface area contributed by atoms with Gasteiger partial charge in [0.05, 0.1) is 29.9 Å². The van der Waals surface area contributed by atoms with Crippen LogP contribution in [0.2, 0.25) is 5.02 Å². The number of methoxy groups -OCH3 is 1. The van der Waals surface area contributed by atoms with Gasteiger partial charge in [0.25, 0.3) is 0 Å². The zero-order chi connectivity index (χ0) is 21.9. The van der Waals surface area contributed by atoms with E-state index in [-0.39, 0.29) is 47.4 Å². The molecule has 1 fully saturated rings. The number of carbonyl (C=O) groups is 1. The van der Waals surface area contributed by atoms with E-state index in [0.29, 0.717) is 5.75 Å². The van der Waals surface area contributed by atoms with Crippen molar-refractivity contribution in [1.82, 2.24) is 4.31 Å². The van der Waals surface area contributed by atoms with Crippen molar-refractivity contribution in [3.8, 4) is 5.75 Å². The van der Waals surface area contributed by atoms with Gasteiger partial charge in [0.1, 0.15) is 17.3 Å². The third-order valence-electron chi connectivity index (χ3n) is 4.70. The second kappa shape index (κ2) is 9.34. The molecule has 1 aliphatic heterocycles. The van der Waals surface area contributed by atoms with Crippen LogP contribution in [0.5, 0.6) is 5.75 Å². The monoisotopic (exact) mass is 453 g/mol. The van der Waals surface area contributed by atoms with Crippen molar-refractivity contribution in [2.75, 3.05) is 20.2 Å². The van der Waals surface area contributed by atoms with Gasteiger partial charge in [0.15, 0.2) is 0 Å². The van der Waals surface area contributed by atoms with Gasteiger partial charge >= 0.3 is 5.97 Å². The fourth-order valence-corrected chi connectivity index (χ4v) is 5.34. The first-order valence-electron chi connectivity index (χ1n) is 9.46. The molecule has 2 aromatic carbocycles. The van der Waals surface area contributed by atoms with E-state index in [9.17, 15) is 13.2 Å². The highest BCUT2D eigenvalue weighted by molar-refractivity contribution is 7.89. The summed E-state index contributed by atoms with van der Waals surface area (Å²) >= 11 is 6.18. The number of benzene rings is 2. The molecule has 0 unspecified atom stereocenters. The van der Waals surface area contributed by atoms with Gasteiger partial charge in [-0.1, -0.05) is 23.7 Å². The molecule has 1 saturated heterocycles. The lowest BCUT2D eigenvalue weighted by molar-refractivity contribution is -0.0440. The molecule has 2 atom stereocenters. The average molecular weight is 454 g/mol. The lowest BCUT2D eigenvalue weighted by atomic mass is 10.2. The number of rotatable bonds is 6. The number of halogens is 1. The maximum atomic E-state index is 13.1. The number of sulfonamides is 1. The van der Waals surface area contributed by atoms with E-state index in [1.165, 1.54) is 22.5 Å². The van der Waals surface area contributed by atoms with Gasteiger partial charge in [-0.25, -0.2) is 13.2 Å². The number of hydrogen-bond donors (Lipinski definition) is 0. The predicted octanol–water partition coefficient (Wildman–Crippen LogP) is 3.50. The van der Waals surface area contributed by atoms with Gasteiger partial charge in [-0.15, -0.1) is 0 Å². The molecule has 7 nitrogen and oxygen atoms in total. The molecule has 1 heterocycles. The second-order valence-electron chi connectivity index (χ2n) is 7.15. The van der Waals surface area contributed by atoms with Crippen LogP contribution in [-0.4, -0.2) is 51.1 Å². The molecule has 0 bridgehead atoms. The summed E-state index contributed by atoms with van der Waals surface area (Å²) in [5, 5.41) is 0.0495. The molecule has 0 spiro atoms. The fourth-order valence-electron chi connectivity index (χ4n) is 3.25. The number of morpholine rings is 1. The van der Waals surface area contributed by atoms with E-state index >= 15 is 0 Å². The number of esters is 1. The van der Waals surface area contributed by atoms with E-state index in [4.69, 9.17) is 25.8 Å². The summed E-state index contributed by atoms with van der Waals surface area (Å²) in [7, 11) is -2.32. The van der Waals surface area contributed by atoms with Crippen molar-refractivity contribution >= 4 is 27.6 Å². The molecule has 0 saturated carbocycles. The Hall–Kier alpha value is -2.13. The maximum absolute atomic E-state index is 13.1. The topological polar surface area (TPSA) is 82.1 Å². The van der Waals surface area contributed by atoms with Crippen LogP contribution in [0.4, 0.5) is 0 Å². The molecular weight excluding hydrogens is 430 g/mol. The van der Waals surface area contributed by atoms with Gasteiger partial charge in [-0.2, -0.15) is 4.31 Å². The number of nitrogens with zero attached hydrogens (tertiary/aromatic N) is 1. The molecular formula is C21H24ClNO6S. The first kappa shape index (κ1) is 22.6. The Morgan fingerprint density at radius 3 is 2.37 bits per heavy atom. The highest BCUT2D eigenvalue weighted by Crippen LogP contribution is 2.28. The summed E-state index contributed by atoms with van der Waals surface area (Å²) in [5.41, 5.74) is 0.892. The highest BCUT2D eigenvalue weighted by atomic mass is 35.5. The largest absolute Gasteiger partial charge is 0.497 e. The zero-order valence-electron chi connectivity index (χ0n) is 17.0. The van der Waals surface area contributed by atoms with Crippen LogP contribution in [0.15, 0.2) is 47.4 Å². The smallest absolute Gasteiger partial charge is 0.338 e. The van der Waals surface area contributed by atoms with Crippen molar-refractivity contribution in [3.05, 3.63) is 58.6 Å². The number of ether oxygens (including phenoxy) is 3. The van der Waals surface area contributed by atoms with E-state index in [0.717, 1.165) is 5.56 Å². The minimum absolute atomic E-state index is 0.0476. The Balaban J connectivity index is 1.77. The van der Waals surface area contributed by atoms with Gasteiger partial charge in [0.2, 0.25) is 10.0 Å². The van der Waals surface area contributed by atoms with Crippen molar-refractivity contribution in [2.24, 2.45) is 0 Å². The normalized spacial score (nSPS) is 20.0. The summed E-state index contributed by atoms with van der Waals surface area (Å²) in [5.74, 6) is 0.0621. The summed E-state index contributed by atoms with van der Waals surface area (Å²) < 4.78 is 43.6. The Bertz CT molecular complexity index is 999. The number of carbonyl (C=O) groups excluding carboxylic acids is 1. The summed E-state index contributed by atoms with van der Waals surface area (Å²) in [6.45, 7) is 4.11. The zero-order valence-corrected chi connectivity index (χ0v) is 18.6. The van der Waals surface area contributed by atoms with Crippen molar-refractivity contribution in [3.63, 3.8) is 0 Å². The van der Waals surface area contributed by atoms with E-state index in [1.807, 2.05) is 13.8 Å². The Kier molecular flexibility index (Phi) is 7.02. The van der Waals surface area contributed by atoms with Crippen molar-refractivity contribution in [1.29, 1.82) is 0 Å². The summed E-state index contributed by atoms with van der Waals surface area (Å²) in [6.07, 6.45) is -0.472. The van der Waals surface area contributed by atoms with Crippen LogP contribution in [-0.2, 0) is 26.1 Å². The molecule has 0 N–H and O–H groups in total. The third kappa shape index (κ3) is 5.13. The van der Waals surface area contributed by atoms with Gasteiger partial charge in [-0.05, 0) is 49.7 Å². The van der Waals surface area contributed by atoms with Crippen LogP contribution in [0.3, 0.4) is 0 Å². The van der Waals surface area contributed by atoms with Crippen LogP contribution >= 0.6 is 11.6 Å². The first-order valence-corrected chi connectivity index (χ1v) is 11.3. The van der Waals surface area contributed by atoms with E-state index in [1.54, 1.807) is 31.4 Å². The Labute approximate surface area is 181 Å². The van der Waals surface area contributed by atoms with Crippen LogP contribution in [0.25, 0.3) is 0 Å². The maximum Gasteiger partial charge on any atom is 0.338 e. The van der Waals surface area contributed by atoms with E-state index < -0.39 is 16.0 Å². The molecule has 0 aliphatic carbocycles. The molecule has 0 radical (unpaired) electrons. The molecule has 162 valence electrons. The summed E-state index contributed by atoms with van der Waals surface area (Å²) in [6, 6.07) is 11.2. The van der Waals surface area contributed by atoms with Gasteiger partial charge in [-0.3, -0.25) is 0 Å². The quantitative estimate of drug-likeness (QED) is 0.622.